The lowest BCUT2D eigenvalue weighted by Gasteiger charge is -2.24. The van der Waals surface area contributed by atoms with Crippen molar-refractivity contribution in [2.45, 2.75) is 32.8 Å². The highest BCUT2D eigenvalue weighted by molar-refractivity contribution is 5.94. The number of amides is 2. The molecule has 20 heavy (non-hydrogen) atoms. The highest BCUT2D eigenvalue weighted by Crippen LogP contribution is 2.24. The smallest absolute Gasteiger partial charge is 0.410 e. The van der Waals surface area contributed by atoms with Crippen LogP contribution in [0.25, 0.3) is 0 Å². The van der Waals surface area contributed by atoms with E-state index in [-0.39, 0.29) is 17.9 Å². The Labute approximate surface area is 119 Å². The first-order chi connectivity index (χ1) is 9.26. The lowest BCUT2D eigenvalue weighted by atomic mass is 9.98. The normalized spacial score (nSPS) is 19.7. The largest absolute Gasteiger partial charge is 0.444 e. The highest BCUT2D eigenvalue weighted by atomic mass is 16.6. The van der Waals surface area contributed by atoms with Gasteiger partial charge in [0.05, 0.1) is 0 Å². The van der Waals surface area contributed by atoms with Gasteiger partial charge in [-0.3, -0.25) is 4.79 Å². The van der Waals surface area contributed by atoms with Crippen LogP contribution in [0.1, 0.15) is 27.2 Å². The van der Waals surface area contributed by atoms with Crippen molar-refractivity contribution in [1.82, 2.24) is 10.2 Å². The Morgan fingerprint density at radius 3 is 2.55 bits per heavy atom. The molecule has 1 aliphatic rings. The van der Waals surface area contributed by atoms with Gasteiger partial charge >= 0.3 is 6.09 Å². The molecule has 0 aromatic carbocycles. The summed E-state index contributed by atoms with van der Waals surface area (Å²) >= 11 is 0. The molecule has 0 radical (unpaired) electrons. The predicted molar refractivity (Wildman–Crippen MR) is 76.8 cm³/mol. The summed E-state index contributed by atoms with van der Waals surface area (Å²) in [7, 11) is 1.54. The molecular weight excluding hydrogens is 258 g/mol. The third-order valence-electron chi connectivity index (χ3n) is 3.02. The molecule has 1 saturated heterocycles. The average Bonchev–Trinajstić information content (AvgIpc) is 2.83. The van der Waals surface area contributed by atoms with Gasteiger partial charge in [0.1, 0.15) is 5.60 Å². The summed E-state index contributed by atoms with van der Waals surface area (Å²) in [6.07, 6.45) is 2.98. The predicted octanol–water partition coefficient (Wildman–Crippen LogP) is 1.57. The third-order valence-corrected chi connectivity index (χ3v) is 3.02. The monoisotopic (exact) mass is 281 g/mol. The third kappa shape index (κ3) is 4.68. The maximum atomic E-state index is 11.9. The maximum absolute atomic E-state index is 11.9. The number of rotatable bonds is 3. The van der Waals surface area contributed by atoms with Crippen LogP contribution in [0.15, 0.2) is 11.6 Å². The summed E-state index contributed by atoms with van der Waals surface area (Å²) in [6.45, 7) is 6.54. The van der Waals surface area contributed by atoms with E-state index in [0.29, 0.717) is 18.7 Å². The van der Waals surface area contributed by atoms with Gasteiger partial charge in [0.15, 0.2) is 0 Å². The minimum absolute atomic E-state index is 0.0114. The molecule has 1 rings (SSSR count). The number of likely N-dealkylation sites (tertiary alicyclic amines) is 1. The van der Waals surface area contributed by atoms with Gasteiger partial charge < -0.3 is 20.4 Å². The molecule has 1 aliphatic heterocycles. The standard InChI is InChI=1S/C14H23N3O3/c1-14(2,3)20-13(19)17-6-5-10(9-17)11(8-15)7-12(18)16-4/h7-8,10,15H,5-6,9H2,1-4H3,(H,16,18)/b11-7+,15-8?. The van der Waals surface area contributed by atoms with Crippen LogP contribution in [0.2, 0.25) is 0 Å². The summed E-state index contributed by atoms with van der Waals surface area (Å²) in [5, 5.41) is 9.90. The van der Waals surface area contributed by atoms with Crippen LogP contribution in [-0.4, -0.2) is 48.9 Å². The van der Waals surface area contributed by atoms with Crippen molar-refractivity contribution in [3.05, 3.63) is 11.6 Å². The van der Waals surface area contributed by atoms with E-state index in [1.807, 2.05) is 20.8 Å². The summed E-state index contributed by atoms with van der Waals surface area (Å²) < 4.78 is 5.32. The second-order valence-corrected chi connectivity index (χ2v) is 5.81. The molecule has 0 spiro atoms. The Balaban J connectivity index is 2.67. The second kappa shape index (κ2) is 6.54. The van der Waals surface area contributed by atoms with Gasteiger partial charge in [-0.2, -0.15) is 0 Å². The molecule has 1 fully saturated rings. The van der Waals surface area contributed by atoms with E-state index < -0.39 is 5.60 Å². The van der Waals surface area contributed by atoms with E-state index in [2.05, 4.69) is 5.32 Å². The Morgan fingerprint density at radius 2 is 2.05 bits per heavy atom. The maximum Gasteiger partial charge on any atom is 0.410 e. The molecule has 2 amide bonds. The Kier molecular flexibility index (Phi) is 5.30. The summed E-state index contributed by atoms with van der Waals surface area (Å²) in [4.78, 5) is 24.9. The number of carbonyl (C=O) groups excluding carboxylic acids is 2. The van der Waals surface area contributed by atoms with Gasteiger partial charge in [-0.1, -0.05) is 0 Å². The SMILES string of the molecule is CNC(=O)/C=C(\C=N)C1CCN(C(=O)OC(C)(C)C)C1. The summed E-state index contributed by atoms with van der Waals surface area (Å²) in [6, 6.07) is 0. The molecule has 112 valence electrons. The van der Waals surface area contributed by atoms with Gasteiger partial charge in [0.2, 0.25) is 5.91 Å². The zero-order valence-corrected chi connectivity index (χ0v) is 12.5. The van der Waals surface area contributed by atoms with Gasteiger partial charge in [-0.15, -0.1) is 0 Å². The lowest BCUT2D eigenvalue weighted by molar-refractivity contribution is -0.116. The summed E-state index contributed by atoms with van der Waals surface area (Å²) in [5.74, 6) is -0.225. The van der Waals surface area contributed by atoms with E-state index in [0.717, 1.165) is 6.42 Å². The van der Waals surface area contributed by atoms with Crippen LogP contribution >= 0.6 is 0 Å². The fraction of sp³-hybridized carbons (Fsp3) is 0.643. The first kappa shape index (κ1) is 16.2. The van der Waals surface area contributed by atoms with Gasteiger partial charge in [0, 0.05) is 38.3 Å². The lowest BCUT2D eigenvalue weighted by Crippen LogP contribution is -2.35. The first-order valence-electron chi connectivity index (χ1n) is 6.68. The number of likely N-dealkylation sites (N-methyl/N-ethyl adjacent to an activating group) is 1. The van der Waals surface area contributed by atoms with E-state index in [1.54, 1.807) is 11.9 Å². The van der Waals surface area contributed by atoms with Gasteiger partial charge in [0.25, 0.3) is 0 Å². The van der Waals surface area contributed by atoms with Crippen molar-refractivity contribution in [3.8, 4) is 0 Å². The van der Waals surface area contributed by atoms with Crippen molar-refractivity contribution in [2.24, 2.45) is 5.92 Å². The molecule has 0 aliphatic carbocycles. The molecule has 1 heterocycles. The van der Waals surface area contributed by atoms with E-state index in [9.17, 15) is 9.59 Å². The molecule has 0 aromatic heterocycles. The van der Waals surface area contributed by atoms with Crippen molar-refractivity contribution in [3.63, 3.8) is 0 Å². The van der Waals surface area contributed by atoms with Crippen LogP contribution < -0.4 is 5.32 Å². The fourth-order valence-corrected chi connectivity index (χ4v) is 2.03. The molecule has 2 N–H and O–H groups in total. The van der Waals surface area contributed by atoms with E-state index in [1.165, 1.54) is 12.3 Å². The highest BCUT2D eigenvalue weighted by Gasteiger charge is 2.31. The number of hydrogen-bond acceptors (Lipinski definition) is 4. The van der Waals surface area contributed by atoms with Crippen LogP contribution in [0, 0.1) is 11.3 Å². The Hall–Kier alpha value is -1.85. The zero-order chi connectivity index (χ0) is 15.3. The minimum Gasteiger partial charge on any atom is -0.444 e. The van der Waals surface area contributed by atoms with Crippen LogP contribution in [0.5, 0.6) is 0 Å². The molecule has 1 unspecified atom stereocenters. The van der Waals surface area contributed by atoms with Crippen LogP contribution in [-0.2, 0) is 9.53 Å². The zero-order valence-electron chi connectivity index (χ0n) is 12.5. The number of carbonyl (C=O) groups is 2. The van der Waals surface area contributed by atoms with E-state index in [4.69, 9.17) is 10.1 Å². The second-order valence-electron chi connectivity index (χ2n) is 5.81. The molecular formula is C14H23N3O3. The molecule has 0 saturated carbocycles. The topological polar surface area (TPSA) is 82.5 Å². The van der Waals surface area contributed by atoms with Crippen LogP contribution in [0.3, 0.4) is 0 Å². The molecule has 1 atom stereocenters. The molecule has 0 bridgehead atoms. The van der Waals surface area contributed by atoms with Gasteiger partial charge in [-0.05, 0) is 32.8 Å². The Bertz CT molecular complexity index is 424. The molecule has 6 heteroatoms. The number of nitrogens with one attached hydrogen (secondary N) is 2. The molecule has 6 nitrogen and oxygen atoms in total. The van der Waals surface area contributed by atoms with Crippen molar-refractivity contribution in [2.75, 3.05) is 20.1 Å². The average molecular weight is 281 g/mol. The summed E-state index contributed by atoms with van der Waals surface area (Å²) in [5.41, 5.74) is 0.118. The van der Waals surface area contributed by atoms with Crippen molar-refractivity contribution < 1.29 is 14.3 Å². The number of nitrogens with zero attached hydrogens (tertiary/aromatic N) is 1. The number of ether oxygens (including phenoxy) is 1. The quantitative estimate of drug-likeness (QED) is 0.608. The van der Waals surface area contributed by atoms with E-state index >= 15 is 0 Å². The Morgan fingerprint density at radius 1 is 1.40 bits per heavy atom. The van der Waals surface area contributed by atoms with Gasteiger partial charge in [-0.25, -0.2) is 4.79 Å². The first-order valence-corrected chi connectivity index (χ1v) is 6.68. The van der Waals surface area contributed by atoms with Crippen LogP contribution in [0.4, 0.5) is 4.79 Å². The minimum atomic E-state index is -0.516. The molecule has 0 aromatic rings. The van der Waals surface area contributed by atoms with Crippen molar-refractivity contribution in [1.29, 1.82) is 5.41 Å². The number of hydrogen-bond donors (Lipinski definition) is 2. The fourth-order valence-electron chi connectivity index (χ4n) is 2.03. The van der Waals surface area contributed by atoms with Crippen molar-refractivity contribution >= 4 is 18.2 Å².